The molecule has 0 aliphatic heterocycles. The van der Waals surface area contributed by atoms with Crippen molar-refractivity contribution in [3.8, 4) is 0 Å². The molecule has 7 heteroatoms. The Labute approximate surface area is 116 Å². The first kappa shape index (κ1) is 14.1. The number of thiazole rings is 1. The first-order valence-corrected chi connectivity index (χ1v) is 7.24. The molecule has 1 aliphatic carbocycles. The third kappa shape index (κ3) is 2.98. The summed E-state index contributed by atoms with van der Waals surface area (Å²) in [6.07, 6.45) is 2.64. The third-order valence-electron chi connectivity index (χ3n) is 3.27. The van der Waals surface area contributed by atoms with Crippen LogP contribution < -0.4 is 16.0 Å². The average molecular weight is 284 g/mol. The number of carbonyl (C=O) groups is 1. The minimum absolute atomic E-state index is 0.0277. The standard InChI is InChI=1S/C12H20N4O2S/c1-3-6-16(2)11-14-9(13)8(19-11)10(18)15-12(7-17)4-5-12/h17H,3-7,13H2,1-2H3,(H,15,18). The molecule has 1 saturated carbocycles. The molecule has 0 radical (unpaired) electrons. The Morgan fingerprint density at radius 2 is 2.32 bits per heavy atom. The molecule has 1 aliphatic rings. The number of carbonyl (C=O) groups excluding carboxylic acids is 1. The predicted octanol–water partition coefficient (Wildman–Crippen LogP) is 0.826. The quantitative estimate of drug-likeness (QED) is 0.719. The Morgan fingerprint density at radius 3 is 2.84 bits per heavy atom. The average Bonchev–Trinajstić information content (AvgIpc) is 3.03. The van der Waals surface area contributed by atoms with Gasteiger partial charge in [-0.3, -0.25) is 4.79 Å². The number of aliphatic hydroxyl groups is 1. The van der Waals surface area contributed by atoms with E-state index in [1.165, 1.54) is 11.3 Å². The highest BCUT2D eigenvalue weighted by molar-refractivity contribution is 7.18. The molecule has 6 nitrogen and oxygen atoms in total. The van der Waals surface area contributed by atoms with Crippen molar-refractivity contribution in [2.24, 2.45) is 0 Å². The molecule has 0 unspecified atom stereocenters. The van der Waals surface area contributed by atoms with Crippen LogP contribution in [0.5, 0.6) is 0 Å². The van der Waals surface area contributed by atoms with Gasteiger partial charge in [0, 0.05) is 13.6 Å². The van der Waals surface area contributed by atoms with Gasteiger partial charge >= 0.3 is 0 Å². The SMILES string of the molecule is CCCN(C)c1nc(N)c(C(=O)NC2(CO)CC2)s1. The van der Waals surface area contributed by atoms with E-state index in [1.807, 2.05) is 11.9 Å². The maximum atomic E-state index is 12.1. The largest absolute Gasteiger partial charge is 0.394 e. The molecule has 19 heavy (non-hydrogen) atoms. The van der Waals surface area contributed by atoms with Crippen molar-refractivity contribution in [3.05, 3.63) is 4.88 Å². The molecular formula is C12H20N4O2S. The topological polar surface area (TPSA) is 91.5 Å². The lowest BCUT2D eigenvalue weighted by molar-refractivity contribution is 0.0911. The zero-order valence-electron chi connectivity index (χ0n) is 11.3. The lowest BCUT2D eigenvalue weighted by Gasteiger charge is -2.14. The van der Waals surface area contributed by atoms with E-state index in [0.29, 0.717) is 4.88 Å². The summed E-state index contributed by atoms with van der Waals surface area (Å²) in [6, 6.07) is 0. The molecule has 0 saturated heterocycles. The van der Waals surface area contributed by atoms with Gasteiger partial charge in [-0.05, 0) is 19.3 Å². The van der Waals surface area contributed by atoms with E-state index in [1.54, 1.807) is 0 Å². The minimum atomic E-state index is -0.428. The second-order valence-corrected chi connectivity index (χ2v) is 6.00. The van der Waals surface area contributed by atoms with Crippen LogP contribution in [0.3, 0.4) is 0 Å². The van der Waals surface area contributed by atoms with E-state index in [0.717, 1.165) is 30.9 Å². The summed E-state index contributed by atoms with van der Waals surface area (Å²) in [5.41, 5.74) is 5.38. The normalized spacial score (nSPS) is 16.2. The Kier molecular flexibility index (Phi) is 3.96. The smallest absolute Gasteiger partial charge is 0.265 e. The van der Waals surface area contributed by atoms with E-state index in [-0.39, 0.29) is 18.3 Å². The van der Waals surface area contributed by atoms with Gasteiger partial charge in [0.15, 0.2) is 5.13 Å². The van der Waals surface area contributed by atoms with Gasteiger partial charge in [-0.15, -0.1) is 0 Å². The predicted molar refractivity (Wildman–Crippen MR) is 76.6 cm³/mol. The van der Waals surface area contributed by atoms with Gasteiger partial charge in [0.2, 0.25) is 0 Å². The summed E-state index contributed by atoms with van der Waals surface area (Å²) in [7, 11) is 1.93. The fourth-order valence-corrected chi connectivity index (χ4v) is 2.72. The highest BCUT2D eigenvalue weighted by Crippen LogP contribution is 2.36. The van der Waals surface area contributed by atoms with Gasteiger partial charge < -0.3 is 21.1 Å². The number of hydrogen-bond donors (Lipinski definition) is 3. The zero-order chi connectivity index (χ0) is 14.0. The number of nitrogens with zero attached hydrogens (tertiary/aromatic N) is 2. The number of nitrogens with two attached hydrogens (primary N) is 1. The van der Waals surface area contributed by atoms with Crippen LogP contribution in [0.4, 0.5) is 10.9 Å². The number of nitrogen functional groups attached to an aromatic ring is 1. The molecule has 0 bridgehead atoms. The molecule has 1 heterocycles. The lowest BCUT2D eigenvalue weighted by atomic mass is 10.3. The maximum absolute atomic E-state index is 12.1. The van der Waals surface area contributed by atoms with Crippen LogP contribution >= 0.6 is 11.3 Å². The van der Waals surface area contributed by atoms with E-state index < -0.39 is 5.54 Å². The number of rotatable bonds is 6. The third-order valence-corrected chi connectivity index (χ3v) is 4.45. The van der Waals surface area contributed by atoms with E-state index in [9.17, 15) is 9.90 Å². The number of amides is 1. The van der Waals surface area contributed by atoms with Gasteiger partial charge in [-0.1, -0.05) is 18.3 Å². The second-order valence-electron chi connectivity index (χ2n) is 5.02. The van der Waals surface area contributed by atoms with Gasteiger partial charge in [0.25, 0.3) is 5.91 Å². The van der Waals surface area contributed by atoms with Crippen LogP contribution in [0.25, 0.3) is 0 Å². The molecule has 0 aromatic carbocycles. The van der Waals surface area contributed by atoms with Crippen molar-refractivity contribution in [1.29, 1.82) is 0 Å². The Bertz CT molecular complexity index is 470. The van der Waals surface area contributed by atoms with Crippen molar-refractivity contribution in [1.82, 2.24) is 10.3 Å². The lowest BCUT2D eigenvalue weighted by Crippen LogP contribution is -2.39. The molecular weight excluding hydrogens is 264 g/mol. The molecule has 1 aromatic heterocycles. The first-order chi connectivity index (χ1) is 9.01. The van der Waals surface area contributed by atoms with Crippen molar-refractivity contribution in [2.75, 3.05) is 30.8 Å². The Hall–Kier alpha value is -1.34. The molecule has 4 N–H and O–H groups in total. The zero-order valence-corrected chi connectivity index (χ0v) is 12.1. The number of nitrogens with one attached hydrogen (secondary N) is 1. The fourth-order valence-electron chi connectivity index (χ4n) is 1.85. The van der Waals surface area contributed by atoms with Gasteiger partial charge in [-0.2, -0.15) is 0 Å². The first-order valence-electron chi connectivity index (χ1n) is 6.42. The summed E-state index contributed by atoms with van der Waals surface area (Å²) < 4.78 is 0. The molecule has 0 spiro atoms. The highest BCUT2D eigenvalue weighted by Gasteiger charge is 2.44. The summed E-state index contributed by atoms with van der Waals surface area (Å²) >= 11 is 1.29. The van der Waals surface area contributed by atoms with Crippen LogP contribution in [0.2, 0.25) is 0 Å². The molecule has 0 atom stereocenters. The maximum Gasteiger partial charge on any atom is 0.265 e. The van der Waals surface area contributed by atoms with E-state index in [4.69, 9.17) is 5.73 Å². The number of aliphatic hydroxyl groups excluding tert-OH is 1. The molecule has 106 valence electrons. The molecule has 1 fully saturated rings. The van der Waals surface area contributed by atoms with E-state index >= 15 is 0 Å². The minimum Gasteiger partial charge on any atom is -0.394 e. The van der Waals surface area contributed by atoms with Gasteiger partial charge in [0.1, 0.15) is 10.7 Å². The number of hydrogen-bond acceptors (Lipinski definition) is 6. The molecule has 1 aromatic rings. The van der Waals surface area contributed by atoms with Crippen LogP contribution in [0, 0.1) is 0 Å². The molecule has 2 rings (SSSR count). The van der Waals surface area contributed by atoms with Gasteiger partial charge in [-0.25, -0.2) is 4.98 Å². The number of aromatic nitrogens is 1. The van der Waals surface area contributed by atoms with Crippen LogP contribution in [0.15, 0.2) is 0 Å². The summed E-state index contributed by atoms with van der Waals surface area (Å²) in [5.74, 6) is 0.0203. The monoisotopic (exact) mass is 284 g/mol. The summed E-state index contributed by atoms with van der Waals surface area (Å²) in [4.78, 5) is 18.8. The Morgan fingerprint density at radius 1 is 1.63 bits per heavy atom. The van der Waals surface area contributed by atoms with Crippen LogP contribution in [-0.4, -0.2) is 41.7 Å². The molecule has 1 amide bonds. The van der Waals surface area contributed by atoms with Crippen molar-refractivity contribution in [2.45, 2.75) is 31.7 Å². The summed E-state index contributed by atoms with van der Waals surface area (Å²) in [5, 5.41) is 12.8. The van der Waals surface area contributed by atoms with Crippen LogP contribution in [-0.2, 0) is 0 Å². The van der Waals surface area contributed by atoms with Crippen molar-refractivity contribution in [3.63, 3.8) is 0 Å². The Balaban J connectivity index is 2.09. The van der Waals surface area contributed by atoms with E-state index in [2.05, 4.69) is 17.2 Å². The van der Waals surface area contributed by atoms with Crippen LogP contribution in [0.1, 0.15) is 35.9 Å². The highest BCUT2D eigenvalue weighted by atomic mass is 32.1. The van der Waals surface area contributed by atoms with Gasteiger partial charge in [0.05, 0.1) is 12.1 Å². The number of anilines is 2. The van der Waals surface area contributed by atoms with Crippen molar-refractivity contribution >= 4 is 28.2 Å². The summed E-state index contributed by atoms with van der Waals surface area (Å²) in [6.45, 7) is 2.92. The second kappa shape index (κ2) is 5.34. The van der Waals surface area contributed by atoms with Crippen molar-refractivity contribution < 1.29 is 9.90 Å². The fraction of sp³-hybridized carbons (Fsp3) is 0.667.